The molecule has 2 rings (SSSR count). The highest BCUT2D eigenvalue weighted by molar-refractivity contribution is 6.30. The van der Waals surface area contributed by atoms with Crippen LogP contribution in [0, 0.1) is 5.92 Å². The summed E-state index contributed by atoms with van der Waals surface area (Å²) in [4.78, 5) is 1.96. The standard InChI is InChI=1S/C15H19ClF3NO/c1-14(21,15(17,18)19)12-3-2-8-20(10-12)9-11-4-6-13(16)7-5-11/h4-7,12,21H,2-3,8-10H2,1H3. The topological polar surface area (TPSA) is 23.5 Å². The molecule has 0 bridgehead atoms. The summed E-state index contributed by atoms with van der Waals surface area (Å²) in [6.07, 6.45) is -3.55. The summed E-state index contributed by atoms with van der Waals surface area (Å²) in [5.41, 5.74) is -1.63. The van der Waals surface area contributed by atoms with Gasteiger partial charge in [0.15, 0.2) is 5.60 Å². The molecule has 118 valence electrons. The number of nitrogens with zero attached hydrogens (tertiary/aromatic N) is 1. The first-order valence-electron chi connectivity index (χ1n) is 6.96. The summed E-state index contributed by atoms with van der Waals surface area (Å²) >= 11 is 5.82. The van der Waals surface area contributed by atoms with Gasteiger partial charge in [-0.05, 0) is 44.0 Å². The molecule has 0 aliphatic carbocycles. The van der Waals surface area contributed by atoms with Crippen molar-refractivity contribution in [2.45, 2.75) is 38.1 Å². The fourth-order valence-electron chi connectivity index (χ4n) is 2.74. The van der Waals surface area contributed by atoms with E-state index in [1.165, 1.54) is 0 Å². The predicted octanol–water partition coefficient (Wildman–Crippen LogP) is 3.87. The Morgan fingerprint density at radius 1 is 1.29 bits per heavy atom. The van der Waals surface area contributed by atoms with E-state index in [9.17, 15) is 18.3 Å². The minimum absolute atomic E-state index is 0.245. The van der Waals surface area contributed by atoms with Crippen molar-refractivity contribution in [3.05, 3.63) is 34.9 Å². The maximum atomic E-state index is 12.9. The van der Waals surface area contributed by atoms with Gasteiger partial charge in [-0.3, -0.25) is 4.90 Å². The average Bonchev–Trinajstić information content (AvgIpc) is 2.40. The van der Waals surface area contributed by atoms with Gasteiger partial charge >= 0.3 is 6.18 Å². The third-order valence-electron chi connectivity index (χ3n) is 4.19. The van der Waals surface area contributed by atoms with E-state index in [1.807, 2.05) is 17.0 Å². The lowest BCUT2D eigenvalue weighted by Gasteiger charge is -2.41. The highest BCUT2D eigenvalue weighted by Gasteiger charge is 2.55. The van der Waals surface area contributed by atoms with Crippen LogP contribution in [0.4, 0.5) is 13.2 Å². The van der Waals surface area contributed by atoms with Gasteiger partial charge in [0.2, 0.25) is 0 Å². The van der Waals surface area contributed by atoms with Crippen LogP contribution in [0.25, 0.3) is 0 Å². The molecule has 1 aliphatic heterocycles. The van der Waals surface area contributed by atoms with E-state index < -0.39 is 17.7 Å². The first-order valence-corrected chi connectivity index (χ1v) is 7.34. The Morgan fingerprint density at radius 3 is 2.48 bits per heavy atom. The van der Waals surface area contributed by atoms with E-state index in [2.05, 4.69) is 0 Å². The highest BCUT2D eigenvalue weighted by atomic mass is 35.5. The second kappa shape index (κ2) is 6.15. The molecular formula is C15H19ClF3NO. The number of halogens is 4. The number of aliphatic hydroxyl groups is 1. The number of benzene rings is 1. The zero-order valence-electron chi connectivity index (χ0n) is 11.8. The van der Waals surface area contributed by atoms with Crippen molar-refractivity contribution in [3.8, 4) is 0 Å². The molecule has 1 aromatic rings. The maximum Gasteiger partial charge on any atom is 0.417 e. The van der Waals surface area contributed by atoms with Crippen molar-refractivity contribution in [2.75, 3.05) is 13.1 Å². The monoisotopic (exact) mass is 321 g/mol. The largest absolute Gasteiger partial charge is 0.417 e. The zero-order valence-corrected chi connectivity index (χ0v) is 12.6. The number of rotatable bonds is 3. The minimum atomic E-state index is -4.60. The van der Waals surface area contributed by atoms with Gasteiger partial charge in [-0.25, -0.2) is 0 Å². The summed E-state index contributed by atoms with van der Waals surface area (Å²) in [5, 5.41) is 10.5. The second-order valence-electron chi connectivity index (χ2n) is 5.85. The SMILES string of the molecule is CC(O)(C1CCCN(Cc2ccc(Cl)cc2)C1)C(F)(F)F. The lowest BCUT2D eigenvalue weighted by atomic mass is 9.82. The Balaban J connectivity index is 2.02. The summed E-state index contributed by atoms with van der Waals surface area (Å²) in [6, 6.07) is 7.27. The average molecular weight is 322 g/mol. The van der Waals surface area contributed by atoms with Gasteiger partial charge in [0.25, 0.3) is 0 Å². The smallest absolute Gasteiger partial charge is 0.380 e. The van der Waals surface area contributed by atoms with Gasteiger partial charge in [0, 0.05) is 24.0 Å². The molecule has 1 saturated heterocycles. The summed E-state index contributed by atoms with van der Waals surface area (Å²) in [5.74, 6) is -0.793. The molecule has 1 fully saturated rings. The number of hydrogen-bond acceptors (Lipinski definition) is 2. The maximum absolute atomic E-state index is 12.9. The van der Waals surface area contributed by atoms with Crippen molar-refractivity contribution in [1.82, 2.24) is 4.90 Å². The Labute approximate surface area is 127 Å². The molecule has 1 aliphatic rings. The molecule has 0 amide bonds. The fourth-order valence-corrected chi connectivity index (χ4v) is 2.86. The van der Waals surface area contributed by atoms with Crippen LogP contribution in [0.3, 0.4) is 0 Å². The highest BCUT2D eigenvalue weighted by Crippen LogP contribution is 2.39. The molecule has 21 heavy (non-hydrogen) atoms. The van der Waals surface area contributed by atoms with Crippen molar-refractivity contribution in [3.63, 3.8) is 0 Å². The molecule has 6 heteroatoms. The molecular weight excluding hydrogens is 303 g/mol. The van der Waals surface area contributed by atoms with Crippen LogP contribution in [0.5, 0.6) is 0 Å². The molecule has 1 heterocycles. The lowest BCUT2D eigenvalue weighted by molar-refractivity contribution is -0.276. The van der Waals surface area contributed by atoms with E-state index in [0.717, 1.165) is 19.0 Å². The number of hydrogen-bond donors (Lipinski definition) is 1. The van der Waals surface area contributed by atoms with Crippen LogP contribution >= 0.6 is 11.6 Å². The molecule has 0 saturated carbocycles. The quantitative estimate of drug-likeness (QED) is 0.913. The summed E-state index contributed by atoms with van der Waals surface area (Å²) < 4.78 is 38.8. The fraction of sp³-hybridized carbons (Fsp3) is 0.600. The van der Waals surface area contributed by atoms with Crippen LogP contribution in [-0.2, 0) is 6.54 Å². The molecule has 0 aromatic heterocycles. The van der Waals surface area contributed by atoms with Gasteiger partial charge in [-0.2, -0.15) is 13.2 Å². The van der Waals surface area contributed by atoms with Crippen LogP contribution in [0.15, 0.2) is 24.3 Å². The second-order valence-corrected chi connectivity index (χ2v) is 6.28. The van der Waals surface area contributed by atoms with Crippen molar-refractivity contribution >= 4 is 11.6 Å². The molecule has 1 aromatic carbocycles. The van der Waals surface area contributed by atoms with Gasteiger partial charge in [0.05, 0.1) is 0 Å². The third-order valence-corrected chi connectivity index (χ3v) is 4.45. The van der Waals surface area contributed by atoms with Crippen LogP contribution in [0.2, 0.25) is 5.02 Å². The van der Waals surface area contributed by atoms with E-state index in [1.54, 1.807) is 12.1 Å². The van der Waals surface area contributed by atoms with Gasteiger partial charge < -0.3 is 5.11 Å². The van der Waals surface area contributed by atoms with Gasteiger partial charge in [-0.1, -0.05) is 23.7 Å². The number of piperidine rings is 1. The van der Waals surface area contributed by atoms with Gasteiger partial charge in [-0.15, -0.1) is 0 Å². The molecule has 0 radical (unpaired) electrons. The third kappa shape index (κ3) is 3.90. The predicted molar refractivity (Wildman–Crippen MR) is 76.1 cm³/mol. The molecule has 1 N–H and O–H groups in total. The molecule has 0 spiro atoms. The van der Waals surface area contributed by atoms with E-state index >= 15 is 0 Å². The summed E-state index contributed by atoms with van der Waals surface area (Å²) in [7, 11) is 0. The Kier molecular flexibility index (Phi) is 4.85. The number of likely N-dealkylation sites (tertiary alicyclic amines) is 1. The summed E-state index contributed by atoms with van der Waals surface area (Å²) in [6.45, 7) is 2.44. The van der Waals surface area contributed by atoms with E-state index in [0.29, 0.717) is 24.4 Å². The molecule has 2 nitrogen and oxygen atoms in total. The van der Waals surface area contributed by atoms with E-state index in [-0.39, 0.29) is 6.54 Å². The van der Waals surface area contributed by atoms with Crippen LogP contribution in [-0.4, -0.2) is 34.9 Å². The molecule has 2 unspecified atom stereocenters. The van der Waals surface area contributed by atoms with Crippen molar-refractivity contribution in [2.24, 2.45) is 5.92 Å². The van der Waals surface area contributed by atoms with Crippen molar-refractivity contribution < 1.29 is 18.3 Å². The van der Waals surface area contributed by atoms with Crippen molar-refractivity contribution in [1.29, 1.82) is 0 Å². The normalized spacial score (nSPS) is 23.8. The zero-order chi connectivity index (χ0) is 15.7. The Hall–Kier alpha value is -0.780. The first kappa shape index (κ1) is 16.6. The molecule has 2 atom stereocenters. The minimum Gasteiger partial charge on any atom is -0.380 e. The van der Waals surface area contributed by atoms with Crippen LogP contribution < -0.4 is 0 Å². The van der Waals surface area contributed by atoms with Crippen LogP contribution in [0.1, 0.15) is 25.3 Å². The Morgan fingerprint density at radius 2 is 1.90 bits per heavy atom. The lowest BCUT2D eigenvalue weighted by Crippen LogP contribution is -2.54. The first-order chi connectivity index (χ1) is 9.70. The number of alkyl halides is 3. The van der Waals surface area contributed by atoms with E-state index in [4.69, 9.17) is 11.6 Å². The Bertz CT molecular complexity index is 473. The van der Waals surface area contributed by atoms with Gasteiger partial charge in [0.1, 0.15) is 0 Å².